The topological polar surface area (TPSA) is 66.9 Å². The molecule has 0 bridgehead atoms. The van der Waals surface area contributed by atoms with Crippen molar-refractivity contribution in [2.45, 2.75) is 53.5 Å². The Balaban J connectivity index is 2.70. The molecular formula is C15H26N4O. The number of nitrogens with zero attached hydrogens (tertiary/aromatic N) is 2. The molecule has 5 nitrogen and oxygen atoms in total. The fourth-order valence-corrected chi connectivity index (χ4v) is 2.47. The lowest BCUT2D eigenvalue weighted by atomic mass is 9.82. The van der Waals surface area contributed by atoms with Crippen LogP contribution in [0.2, 0.25) is 0 Å². The summed E-state index contributed by atoms with van der Waals surface area (Å²) in [6.45, 7) is 13.3. The molecule has 1 rings (SSSR count). The first-order chi connectivity index (χ1) is 9.13. The van der Waals surface area contributed by atoms with Crippen molar-refractivity contribution < 1.29 is 4.79 Å². The molecule has 0 fully saturated rings. The minimum absolute atomic E-state index is 0.150. The van der Waals surface area contributed by atoms with E-state index >= 15 is 0 Å². The van der Waals surface area contributed by atoms with Crippen LogP contribution in [0.25, 0.3) is 0 Å². The zero-order valence-corrected chi connectivity index (χ0v) is 13.4. The van der Waals surface area contributed by atoms with Crippen LogP contribution in [-0.2, 0) is 0 Å². The maximum absolute atomic E-state index is 12.2. The lowest BCUT2D eigenvalue weighted by Gasteiger charge is -2.33. The summed E-state index contributed by atoms with van der Waals surface area (Å²) in [5.41, 5.74) is 0.211. The number of hydrogen-bond acceptors (Lipinski definition) is 4. The van der Waals surface area contributed by atoms with E-state index in [1.54, 1.807) is 12.1 Å². The highest BCUT2D eigenvalue weighted by Crippen LogP contribution is 2.26. The van der Waals surface area contributed by atoms with Crippen molar-refractivity contribution >= 4 is 11.7 Å². The van der Waals surface area contributed by atoms with Gasteiger partial charge in [0.1, 0.15) is 5.82 Å². The van der Waals surface area contributed by atoms with Crippen LogP contribution in [0.3, 0.4) is 0 Å². The number of amides is 1. The van der Waals surface area contributed by atoms with Crippen molar-refractivity contribution in [2.24, 2.45) is 5.41 Å². The second-order valence-electron chi connectivity index (χ2n) is 6.91. The van der Waals surface area contributed by atoms with Gasteiger partial charge >= 0.3 is 0 Å². The average Bonchev–Trinajstić information content (AvgIpc) is 2.26. The third kappa shape index (κ3) is 5.55. The van der Waals surface area contributed by atoms with Crippen LogP contribution in [0.5, 0.6) is 0 Å². The summed E-state index contributed by atoms with van der Waals surface area (Å²) in [5.74, 6) is 0.493. The van der Waals surface area contributed by atoms with Crippen molar-refractivity contribution in [3.63, 3.8) is 0 Å². The number of carbonyl (C=O) groups excluding carboxylic acids is 1. The molecule has 0 aromatic carbocycles. The molecule has 2 N–H and O–H groups in total. The highest BCUT2D eigenvalue weighted by Gasteiger charge is 2.27. The molecule has 0 aliphatic heterocycles. The van der Waals surface area contributed by atoms with Crippen LogP contribution in [0.1, 0.15) is 58.5 Å². The first-order valence-corrected chi connectivity index (χ1v) is 7.03. The van der Waals surface area contributed by atoms with Crippen LogP contribution in [0, 0.1) is 5.41 Å². The van der Waals surface area contributed by atoms with Gasteiger partial charge in [0.15, 0.2) is 5.69 Å². The Morgan fingerprint density at radius 3 is 2.25 bits per heavy atom. The molecule has 0 spiro atoms. The monoisotopic (exact) mass is 278 g/mol. The SMILES string of the molecule is CCNc1ccc(C(=O)NC(C)(C)CC(C)(C)C)nn1. The largest absolute Gasteiger partial charge is 0.369 e. The zero-order chi connectivity index (χ0) is 15.4. The molecule has 1 aromatic rings. The van der Waals surface area contributed by atoms with E-state index in [-0.39, 0.29) is 16.9 Å². The molecular weight excluding hydrogens is 252 g/mol. The Hall–Kier alpha value is -1.65. The van der Waals surface area contributed by atoms with Gasteiger partial charge in [-0.1, -0.05) is 20.8 Å². The van der Waals surface area contributed by atoms with E-state index < -0.39 is 0 Å². The molecule has 0 unspecified atom stereocenters. The lowest BCUT2D eigenvalue weighted by Crippen LogP contribution is -2.46. The van der Waals surface area contributed by atoms with Crippen molar-refractivity contribution in [2.75, 3.05) is 11.9 Å². The molecule has 112 valence electrons. The molecule has 0 aliphatic carbocycles. The summed E-state index contributed by atoms with van der Waals surface area (Å²) in [6.07, 6.45) is 0.884. The maximum Gasteiger partial charge on any atom is 0.272 e. The third-order valence-corrected chi connectivity index (χ3v) is 2.68. The van der Waals surface area contributed by atoms with Gasteiger partial charge in [0.2, 0.25) is 0 Å². The quantitative estimate of drug-likeness (QED) is 0.869. The van der Waals surface area contributed by atoms with Gasteiger partial charge in [-0.25, -0.2) is 0 Å². The van der Waals surface area contributed by atoms with E-state index in [9.17, 15) is 4.79 Å². The summed E-state index contributed by atoms with van der Waals surface area (Å²) >= 11 is 0. The lowest BCUT2D eigenvalue weighted by molar-refractivity contribution is 0.0885. The Kier molecular flexibility index (Phi) is 5.09. The number of hydrogen-bond donors (Lipinski definition) is 2. The number of aromatic nitrogens is 2. The molecule has 0 saturated heterocycles. The maximum atomic E-state index is 12.2. The number of carbonyl (C=O) groups is 1. The van der Waals surface area contributed by atoms with Gasteiger partial charge in [-0.15, -0.1) is 10.2 Å². The molecule has 5 heteroatoms. The van der Waals surface area contributed by atoms with Gasteiger partial charge in [-0.3, -0.25) is 4.79 Å². The van der Waals surface area contributed by atoms with Crippen molar-refractivity contribution in [1.29, 1.82) is 0 Å². The summed E-state index contributed by atoms with van der Waals surface area (Å²) in [7, 11) is 0. The Morgan fingerprint density at radius 1 is 1.15 bits per heavy atom. The number of nitrogens with one attached hydrogen (secondary N) is 2. The second kappa shape index (κ2) is 6.20. The molecule has 1 heterocycles. The van der Waals surface area contributed by atoms with E-state index in [0.29, 0.717) is 11.5 Å². The van der Waals surface area contributed by atoms with Crippen molar-refractivity contribution in [1.82, 2.24) is 15.5 Å². The predicted octanol–water partition coefficient (Wildman–Crippen LogP) is 2.85. The van der Waals surface area contributed by atoms with Gasteiger partial charge in [0, 0.05) is 12.1 Å². The van der Waals surface area contributed by atoms with E-state index in [1.807, 2.05) is 20.8 Å². The van der Waals surface area contributed by atoms with Crippen molar-refractivity contribution in [3.05, 3.63) is 17.8 Å². The van der Waals surface area contributed by atoms with Crippen molar-refractivity contribution in [3.8, 4) is 0 Å². The molecule has 0 radical (unpaired) electrons. The molecule has 0 atom stereocenters. The van der Waals surface area contributed by atoms with Crippen LogP contribution in [0.4, 0.5) is 5.82 Å². The summed E-state index contributed by atoms with van der Waals surface area (Å²) < 4.78 is 0. The normalized spacial score (nSPS) is 12.1. The summed E-state index contributed by atoms with van der Waals surface area (Å²) in [5, 5.41) is 14.0. The Morgan fingerprint density at radius 2 is 1.80 bits per heavy atom. The van der Waals surface area contributed by atoms with E-state index in [2.05, 4.69) is 41.6 Å². The van der Waals surface area contributed by atoms with Crippen LogP contribution < -0.4 is 10.6 Å². The number of rotatable bonds is 5. The first kappa shape index (κ1) is 16.4. The van der Waals surface area contributed by atoms with Crippen LogP contribution in [0.15, 0.2) is 12.1 Å². The fourth-order valence-electron chi connectivity index (χ4n) is 2.47. The second-order valence-corrected chi connectivity index (χ2v) is 6.91. The summed E-state index contributed by atoms with van der Waals surface area (Å²) in [4.78, 5) is 12.2. The standard InChI is InChI=1S/C15H26N4O/c1-7-16-12-9-8-11(18-19-12)13(20)17-15(5,6)10-14(2,3)4/h8-9H,7,10H2,1-6H3,(H,16,19)(H,17,20). The molecule has 1 amide bonds. The highest BCUT2D eigenvalue weighted by molar-refractivity contribution is 5.92. The van der Waals surface area contributed by atoms with Crippen LogP contribution >= 0.6 is 0 Å². The smallest absolute Gasteiger partial charge is 0.272 e. The number of anilines is 1. The zero-order valence-electron chi connectivity index (χ0n) is 13.4. The third-order valence-electron chi connectivity index (χ3n) is 2.68. The van der Waals surface area contributed by atoms with Gasteiger partial charge in [-0.05, 0) is 44.7 Å². The van der Waals surface area contributed by atoms with Gasteiger partial charge in [0.25, 0.3) is 5.91 Å². The fraction of sp³-hybridized carbons (Fsp3) is 0.667. The molecule has 0 aliphatic rings. The minimum Gasteiger partial charge on any atom is -0.369 e. The predicted molar refractivity (Wildman–Crippen MR) is 81.8 cm³/mol. The highest BCUT2D eigenvalue weighted by atomic mass is 16.2. The first-order valence-electron chi connectivity index (χ1n) is 7.03. The van der Waals surface area contributed by atoms with Gasteiger partial charge in [-0.2, -0.15) is 0 Å². The Labute approximate surface area is 121 Å². The molecule has 20 heavy (non-hydrogen) atoms. The molecule has 0 saturated carbocycles. The Bertz CT molecular complexity index is 446. The van der Waals surface area contributed by atoms with E-state index in [4.69, 9.17) is 0 Å². The van der Waals surface area contributed by atoms with E-state index in [1.165, 1.54) is 0 Å². The molecule has 1 aromatic heterocycles. The average molecular weight is 278 g/mol. The van der Waals surface area contributed by atoms with Crippen LogP contribution in [-0.4, -0.2) is 28.2 Å². The van der Waals surface area contributed by atoms with Gasteiger partial charge < -0.3 is 10.6 Å². The van der Waals surface area contributed by atoms with E-state index in [0.717, 1.165) is 13.0 Å². The summed E-state index contributed by atoms with van der Waals surface area (Å²) in [6, 6.07) is 3.45. The minimum atomic E-state index is -0.280. The van der Waals surface area contributed by atoms with Gasteiger partial charge in [0.05, 0.1) is 0 Å².